The van der Waals surface area contributed by atoms with Crippen LogP contribution in [0, 0.1) is 5.41 Å². The van der Waals surface area contributed by atoms with E-state index in [1.165, 1.54) is 0 Å². The van der Waals surface area contributed by atoms with E-state index < -0.39 is 11.7 Å². The molecular formula is C22H32O4. The third-order valence-corrected chi connectivity index (χ3v) is 6.21. The number of hydrogen-bond donors (Lipinski definition) is 2. The van der Waals surface area contributed by atoms with E-state index in [2.05, 4.69) is 27.7 Å². The van der Waals surface area contributed by atoms with Crippen LogP contribution in [0.25, 0.3) is 0 Å². The topological polar surface area (TPSA) is 58.9 Å². The molecule has 3 rings (SSSR count). The molecule has 2 aliphatic carbocycles. The molecule has 0 heterocycles. The molecule has 0 radical (unpaired) electrons. The van der Waals surface area contributed by atoms with Crippen LogP contribution in [0.3, 0.4) is 0 Å². The number of hydrogen-bond acceptors (Lipinski definition) is 4. The maximum absolute atomic E-state index is 11.7. The Morgan fingerprint density at radius 3 is 2.35 bits per heavy atom. The number of aliphatic hydroxyl groups is 2. The van der Waals surface area contributed by atoms with Gasteiger partial charge in [0.25, 0.3) is 0 Å². The summed E-state index contributed by atoms with van der Waals surface area (Å²) in [4.78, 5) is 0. The summed E-state index contributed by atoms with van der Waals surface area (Å²) in [5.41, 5.74) is 2.44. The van der Waals surface area contributed by atoms with Crippen molar-refractivity contribution in [3.8, 4) is 11.5 Å². The Morgan fingerprint density at radius 1 is 1.12 bits per heavy atom. The number of methoxy groups -OCH3 is 2. The van der Waals surface area contributed by atoms with Crippen LogP contribution in [-0.4, -0.2) is 24.4 Å². The van der Waals surface area contributed by atoms with Gasteiger partial charge in [0, 0.05) is 17.5 Å². The van der Waals surface area contributed by atoms with Crippen molar-refractivity contribution in [3.63, 3.8) is 0 Å². The molecule has 0 amide bonds. The van der Waals surface area contributed by atoms with E-state index in [-0.39, 0.29) is 11.3 Å². The first-order valence-electron chi connectivity index (χ1n) is 9.55. The fourth-order valence-corrected chi connectivity index (χ4v) is 4.63. The first-order chi connectivity index (χ1) is 12.1. The van der Waals surface area contributed by atoms with Gasteiger partial charge in [-0.15, -0.1) is 0 Å². The zero-order valence-electron chi connectivity index (χ0n) is 16.8. The van der Waals surface area contributed by atoms with E-state index in [1.807, 2.05) is 12.1 Å². The minimum atomic E-state index is -1.06. The predicted molar refractivity (Wildman–Crippen MR) is 103 cm³/mol. The molecular weight excluding hydrogens is 328 g/mol. The van der Waals surface area contributed by atoms with Crippen molar-refractivity contribution < 1.29 is 19.7 Å². The van der Waals surface area contributed by atoms with Gasteiger partial charge < -0.3 is 19.7 Å². The molecule has 0 unspecified atom stereocenters. The summed E-state index contributed by atoms with van der Waals surface area (Å²) in [6.45, 7) is 8.58. The first kappa shape index (κ1) is 19.2. The molecule has 2 aliphatic rings. The first-order valence-corrected chi connectivity index (χ1v) is 9.55. The quantitative estimate of drug-likeness (QED) is 0.774. The molecule has 0 spiro atoms. The zero-order valence-corrected chi connectivity index (χ0v) is 16.8. The van der Waals surface area contributed by atoms with Crippen molar-refractivity contribution >= 4 is 0 Å². The highest BCUT2D eigenvalue weighted by molar-refractivity contribution is 5.61. The summed E-state index contributed by atoms with van der Waals surface area (Å²) in [7, 11) is 3.24. The van der Waals surface area contributed by atoms with Gasteiger partial charge in [-0.05, 0) is 42.2 Å². The summed E-state index contributed by atoms with van der Waals surface area (Å²) in [5, 5.41) is 22.8. The molecule has 4 heteroatoms. The second kappa shape index (κ2) is 6.58. The van der Waals surface area contributed by atoms with Gasteiger partial charge in [-0.1, -0.05) is 39.3 Å². The molecule has 26 heavy (non-hydrogen) atoms. The summed E-state index contributed by atoms with van der Waals surface area (Å²) >= 11 is 0. The number of ether oxygens (including phenoxy) is 2. The zero-order chi connectivity index (χ0) is 19.3. The normalized spacial score (nSPS) is 27.3. The van der Waals surface area contributed by atoms with Crippen molar-refractivity contribution in [1.29, 1.82) is 0 Å². The van der Waals surface area contributed by atoms with Crippen LogP contribution in [0.4, 0.5) is 0 Å². The summed E-state index contributed by atoms with van der Waals surface area (Å²) in [6.07, 6.45) is 4.26. The molecule has 0 saturated heterocycles. The lowest BCUT2D eigenvalue weighted by Gasteiger charge is -2.33. The second-order valence-corrected chi connectivity index (χ2v) is 8.73. The molecule has 4 nitrogen and oxygen atoms in total. The Labute approximate surface area is 156 Å². The Bertz CT molecular complexity index is 732. The lowest BCUT2D eigenvalue weighted by molar-refractivity contribution is 0.0254. The Hall–Kier alpha value is -1.52. The molecule has 2 N–H and O–H groups in total. The van der Waals surface area contributed by atoms with Gasteiger partial charge in [-0.3, -0.25) is 0 Å². The van der Waals surface area contributed by atoms with E-state index in [1.54, 1.807) is 14.2 Å². The van der Waals surface area contributed by atoms with Crippen LogP contribution in [0.15, 0.2) is 17.7 Å². The van der Waals surface area contributed by atoms with Gasteiger partial charge in [0.05, 0.1) is 25.9 Å². The monoisotopic (exact) mass is 360 g/mol. The van der Waals surface area contributed by atoms with Crippen molar-refractivity contribution in [2.45, 2.75) is 71.0 Å². The third kappa shape index (κ3) is 2.93. The van der Waals surface area contributed by atoms with Crippen molar-refractivity contribution in [1.82, 2.24) is 0 Å². The van der Waals surface area contributed by atoms with Crippen molar-refractivity contribution in [2.75, 3.05) is 14.2 Å². The number of aliphatic hydroxyl groups excluding tert-OH is 1. The number of fused-ring (bicyclic) bond motifs is 4. The highest BCUT2D eigenvalue weighted by Gasteiger charge is 2.45. The predicted octanol–water partition coefficient (Wildman–Crippen LogP) is 4.59. The number of rotatable bonds is 3. The molecule has 2 bridgehead atoms. The fraction of sp³-hybridized carbons (Fsp3) is 0.636. The van der Waals surface area contributed by atoms with Crippen LogP contribution < -0.4 is 9.47 Å². The van der Waals surface area contributed by atoms with E-state index in [0.29, 0.717) is 29.9 Å². The Balaban J connectivity index is 2.35. The van der Waals surface area contributed by atoms with E-state index >= 15 is 0 Å². The van der Waals surface area contributed by atoms with Gasteiger partial charge in [-0.2, -0.15) is 0 Å². The minimum absolute atomic E-state index is 0.0360. The number of benzene rings is 1. The molecule has 1 aromatic rings. The second-order valence-electron chi connectivity index (χ2n) is 8.73. The molecule has 1 saturated carbocycles. The van der Waals surface area contributed by atoms with Gasteiger partial charge in [0.2, 0.25) is 0 Å². The highest BCUT2D eigenvalue weighted by Crippen LogP contribution is 2.55. The molecule has 2 atom stereocenters. The van der Waals surface area contributed by atoms with Gasteiger partial charge in [0.15, 0.2) is 11.5 Å². The molecule has 0 aromatic heterocycles. The van der Waals surface area contributed by atoms with Gasteiger partial charge in [-0.25, -0.2) is 0 Å². The molecule has 1 fully saturated rings. The maximum Gasteiger partial charge on any atom is 0.167 e. The molecule has 0 aliphatic heterocycles. The van der Waals surface area contributed by atoms with Crippen LogP contribution in [0.2, 0.25) is 0 Å². The lowest BCUT2D eigenvalue weighted by atomic mass is 9.78. The maximum atomic E-state index is 11.7. The molecule has 1 aromatic carbocycles. The van der Waals surface area contributed by atoms with Crippen LogP contribution in [0.1, 0.15) is 82.1 Å². The van der Waals surface area contributed by atoms with Crippen LogP contribution in [-0.2, 0) is 5.60 Å². The fourth-order valence-electron chi connectivity index (χ4n) is 4.63. The summed E-state index contributed by atoms with van der Waals surface area (Å²) in [6, 6.07) is 1.99. The average molecular weight is 360 g/mol. The standard InChI is InChI=1S/C22H32O4/c1-13(2)15-11-16-17(23)10-14-12-22(24,9-7-8-21(14,3)4)18(16)20(26-6)19(15)25-5/h10-11,13,17,23-24H,7-9,12H2,1-6H3/t17-,22-/m1/s1. The van der Waals surface area contributed by atoms with Crippen LogP contribution in [0.5, 0.6) is 11.5 Å². The van der Waals surface area contributed by atoms with Crippen molar-refractivity contribution in [2.24, 2.45) is 5.41 Å². The smallest absolute Gasteiger partial charge is 0.167 e. The average Bonchev–Trinajstić information content (AvgIpc) is 2.76. The lowest BCUT2D eigenvalue weighted by Crippen LogP contribution is -2.28. The largest absolute Gasteiger partial charge is 0.493 e. The summed E-state index contributed by atoms with van der Waals surface area (Å²) < 4.78 is 11.5. The van der Waals surface area contributed by atoms with Gasteiger partial charge >= 0.3 is 0 Å². The van der Waals surface area contributed by atoms with Crippen molar-refractivity contribution in [3.05, 3.63) is 34.4 Å². The van der Waals surface area contributed by atoms with E-state index in [4.69, 9.17) is 9.47 Å². The highest BCUT2D eigenvalue weighted by atomic mass is 16.5. The van der Waals surface area contributed by atoms with Crippen LogP contribution >= 0.6 is 0 Å². The van der Waals surface area contributed by atoms with E-state index in [9.17, 15) is 10.2 Å². The molecule has 144 valence electrons. The Kier molecular flexibility index (Phi) is 4.87. The summed E-state index contributed by atoms with van der Waals surface area (Å²) in [5.74, 6) is 1.43. The van der Waals surface area contributed by atoms with E-state index in [0.717, 1.165) is 29.5 Å². The SMILES string of the molecule is COc1c(C(C)C)cc2c(c1OC)[C@@]1(O)CCCC(C)(C)C(=C[C@H]2O)C1. The van der Waals surface area contributed by atoms with Gasteiger partial charge in [0.1, 0.15) is 0 Å². The minimum Gasteiger partial charge on any atom is -0.493 e. The Morgan fingerprint density at radius 2 is 1.77 bits per heavy atom. The third-order valence-electron chi connectivity index (χ3n) is 6.21.